The molecule has 0 amide bonds. The molecule has 2 rings (SSSR count). The summed E-state index contributed by atoms with van der Waals surface area (Å²) >= 11 is 0. The molecule has 0 radical (unpaired) electrons. The van der Waals surface area contributed by atoms with Gasteiger partial charge in [-0.05, 0) is 33.1 Å². The van der Waals surface area contributed by atoms with Gasteiger partial charge in [-0.3, -0.25) is 4.90 Å². The van der Waals surface area contributed by atoms with Crippen LogP contribution in [0.3, 0.4) is 0 Å². The first-order chi connectivity index (χ1) is 8.00. The first kappa shape index (κ1) is 13.3. The number of piperazine rings is 1. The minimum absolute atomic E-state index is 0.133. The van der Waals surface area contributed by atoms with Crippen molar-refractivity contribution >= 4 is 0 Å². The van der Waals surface area contributed by atoms with E-state index in [1.165, 1.54) is 0 Å². The van der Waals surface area contributed by atoms with Crippen molar-refractivity contribution in [1.82, 2.24) is 10.2 Å². The molecule has 0 saturated carbocycles. The van der Waals surface area contributed by atoms with Crippen LogP contribution in [0.5, 0.6) is 0 Å². The molecule has 2 saturated heterocycles. The highest BCUT2D eigenvalue weighted by atomic mass is 16.5. The summed E-state index contributed by atoms with van der Waals surface area (Å²) < 4.78 is 5.90. The number of rotatable bonds is 1. The number of hydrogen-bond donors (Lipinski definition) is 2. The van der Waals surface area contributed by atoms with Crippen molar-refractivity contribution in [2.24, 2.45) is 11.7 Å². The molecular weight excluding hydrogens is 214 g/mol. The van der Waals surface area contributed by atoms with Crippen LogP contribution in [0.4, 0.5) is 0 Å². The molecule has 2 aliphatic rings. The number of nitrogens with zero attached hydrogens (tertiary/aromatic N) is 1. The maximum atomic E-state index is 6.33. The summed E-state index contributed by atoms with van der Waals surface area (Å²) in [4.78, 5) is 2.49. The van der Waals surface area contributed by atoms with Crippen molar-refractivity contribution in [3.05, 3.63) is 0 Å². The number of ether oxygens (including phenoxy) is 1. The lowest BCUT2D eigenvalue weighted by Gasteiger charge is -2.49. The summed E-state index contributed by atoms with van der Waals surface area (Å²) in [6.45, 7) is 10.9. The molecule has 0 aromatic carbocycles. The number of nitrogens with one attached hydrogen (secondary N) is 1. The van der Waals surface area contributed by atoms with Crippen molar-refractivity contribution in [1.29, 1.82) is 0 Å². The summed E-state index contributed by atoms with van der Waals surface area (Å²) in [5.74, 6) is 0.558. The SMILES string of the molecule is CC1[C@H](N2CCN[C@@H](C)[C@H]2N)C[C@H](C)O[C@@H]1C. The Labute approximate surface area is 105 Å². The quantitative estimate of drug-likeness (QED) is 0.712. The van der Waals surface area contributed by atoms with Gasteiger partial charge >= 0.3 is 0 Å². The van der Waals surface area contributed by atoms with E-state index < -0.39 is 0 Å². The highest BCUT2D eigenvalue weighted by Crippen LogP contribution is 2.30. The molecule has 4 heteroatoms. The Bertz CT molecular complexity index is 261. The van der Waals surface area contributed by atoms with Crippen molar-refractivity contribution in [2.45, 2.75) is 64.6 Å². The fourth-order valence-electron chi connectivity index (χ4n) is 3.22. The molecule has 2 heterocycles. The van der Waals surface area contributed by atoms with Crippen molar-refractivity contribution < 1.29 is 4.74 Å². The van der Waals surface area contributed by atoms with Gasteiger partial charge < -0.3 is 15.8 Å². The number of hydrogen-bond acceptors (Lipinski definition) is 4. The molecule has 1 unspecified atom stereocenters. The van der Waals surface area contributed by atoms with Gasteiger partial charge in [-0.1, -0.05) is 6.92 Å². The molecule has 0 spiro atoms. The Kier molecular flexibility index (Phi) is 4.08. The van der Waals surface area contributed by atoms with E-state index in [1.54, 1.807) is 0 Å². The van der Waals surface area contributed by atoms with Crippen molar-refractivity contribution in [2.75, 3.05) is 13.1 Å². The van der Waals surface area contributed by atoms with Crippen LogP contribution in [-0.4, -0.2) is 48.4 Å². The van der Waals surface area contributed by atoms with E-state index in [1.807, 2.05) is 0 Å². The summed E-state index contributed by atoms with van der Waals surface area (Å²) in [6.07, 6.45) is 1.92. The summed E-state index contributed by atoms with van der Waals surface area (Å²) in [6, 6.07) is 0.942. The first-order valence-electron chi connectivity index (χ1n) is 6.91. The van der Waals surface area contributed by atoms with Gasteiger partial charge in [0.2, 0.25) is 0 Å². The molecule has 2 fully saturated rings. The average Bonchev–Trinajstić information content (AvgIpc) is 2.27. The molecule has 2 aliphatic heterocycles. The normalized spacial score (nSPS) is 49.2. The van der Waals surface area contributed by atoms with Crippen LogP contribution < -0.4 is 11.1 Å². The van der Waals surface area contributed by atoms with Gasteiger partial charge in [0.25, 0.3) is 0 Å². The second kappa shape index (κ2) is 5.22. The van der Waals surface area contributed by atoms with Crippen LogP contribution in [0.2, 0.25) is 0 Å². The topological polar surface area (TPSA) is 50.5 Å². The van der Waals surface area contributed by atoms with Gasteiger partial charge in [0.1, 0.15) is 0 Å². The molecule has 0 bridgehead atoms. The predicted molar refractivity (Wildman–Crippen MR) is 69.7 cm³/mol. The monoisotopic (exact) mass is 241 g/mol. The highest BCUT2D eigenvalue weighted by Gasteiger charge is 2.39. The van der Waals surface area contributed by atoms with E-state index in [9.17, 15) is 0 Å². The fraction of sp³-hybridized carbons (Fsp3) is 1.00. The van der Waals surface area contributed by atoms with E-state index in [0.29, 0.717) is 30.2 Å². The molecule has 0 aromatic rings. The minimum atomic E-state index is 0.133. The standard InChI is InChI=1S/C13H27N3O/c1-8-7-12(9(2)11(4)17-8)16-6-5-15-10(3)13(16)14/h8-13,15H,5-7,14H2,1-4H3/t8-,9?,10-,11+,12+,13-/m0/s1. The van der Waals surface area contributed by atoms with Gasteiger partial charge in [-0.15, -0.1) is 0 Å². The lowest BCUT2D eigenvalue weighted by Crippen LogP contribution is -2.66. The van der Waals surface area contributed by atoms with Crippen LogP contribution in [0.25, 0.3) is 0 Å². The van der Waals surface area contributed by atoms with Gasteiger partial charge in [-0.2, -0.15) is 0 Å². The Morgan fingerprint density at radius 3 is 2.65 bits per heavy atom. The molecule has 0 aliphatic carbocycles. The zero-order valence-electron chi connectivity index (χ0n) is 11.5. The molecule has 0 aromatic heterocycles. The molecular formula is C13H27N3O. The van der Waals surface area contributed by atoms with Crippen LogP contribution in [0.1, 0.15) is 34.1 Å². The Morgan fingerprint density at radius 1 is 1.24 bits per heavy atom. The third-order valence-electron chi connectivity index (χ3n) is 4.53. The van der Waals surface area contributed by atoms with Crippen LogP contribution >= 0.6 is 0 Å². The minimum Gasteiger partial charge on any atom is -0.375 e. The second-order valence-electron chi connectivity index (χ2n) is 5.79. The fourth-order valence-corrected chi connectivity index (χ4v) is 3.22. The van der Waals surface area contributed by atoms with E-state index in [-0.39, 0.29) is 6.17 Å². The Morgan fingerprint density at radius 2 is 1.94 bits per heavy atom. The predicted octanol–water partition coefficient (Wildman–Crippen LogP) is 0.767. The van der Waals surface area contributed by atoms with E-state index in [2.05, 4.69) is 37.9 Å². The van der Waals surface area contributed by atoms with Gasteiger partial charge in [0.15, 0.2) is 0 Å². The summed E-state index contributed by atoms with van der Waals surface area (Å²) in [5, 5.41) is 3.44. The maximum absolute atomic E-state index is 6.33. The van der Waals surface area contributed by atoms with Gasteiger partial charge in [-0.25, -0.2) is 0 Å². The maximum Gasteiger partial charge on any atom is 0.0730 e. The van der Waals surface area contributed by atoms with Crippen LogP contribution in [0, 0.1) is 5.92 Å². The average molecular weight is 241 g/mol. The third kappa shape index (κ3) is 2.65. The highest BCUT2D eigenvalue weighted by molar-refractivity contribution is 4.93. The van der Waals surface area contributed by atoms with Crippen LogP contribution in [0.15, 0.2) is 0 Å². The van der Waals surface area contributed by atoms with E-state index in [4.69, 9.17) is 10.5 Å². The van der Waals surface area contributed by atoms with Crippen molar-refractivity contribution in [3.63, 3.8) is 0 Å². The Balaban J connectivity index is 2.08. The zero-order valence-corrected chi connectivity index (χ0v) is 11.5. The smallest absolute Gasteiger partial charge is 0.0730 e. The number of nitrogens with two attached hydrogens (primary N) is 1. The lowest BCUT2D eigenvalue weighted by molar-refractivity contribution is -0.111. The van der Waals surface area contributed by atoms with Crippen molar-refractivity contribution in [3.8, 4) is 0 Å². The lowest BCUT2D eigenvalue weighted by atomic mass is 9.86. The third-order valence-corrected chi connectivity index (χ3v) is 4.53. The molecule has 6 atom stereocenters. The van der Waals surface area contributed by atoms with E-state index >= 15 is 0 Å². The summed E-state index contributed by atoms with van der Waals surface area (Å²) in [5.41, 5.74) is 6.33. The van der Waals surface area contributed by atoms with E-state index in [0.717, 1.165) is 19.5 Å². The molecule has 17 heavy (non-hydrogen) atoms. The molecule has 3 N–H and O–H groups in total. The molecule has 4 nitrogen and oxygen atoms in total. The Hall–Kier alpha value is -0.160. The molecule has 100 valence electrons. The first-order valence-corrected chi connectivity index (χ1v) is 6.91. The van der Waals surface area contributed by atoms with Crippen LogP contribution in [-0.2, 0) is 4.74 Å². The second-order valence-corrected chi connectivity index (χ2v) is 5.79. The van der Waals surface area contributed by atoms with Gasteiger partial charge in [0.05, 0.1) is 18.4 Å². The van der Waals surface area contributed by atoms with Gasteiger partial charge in [0, 0.05) is 25.2 Å². The largest absolute Gasteiger partial charge is 0.375 e. The zero-order chi connectivity index (χ0) is 12.6. The summed E-state index contributed by atoms with van der Waals surface area (Å²) in [7, 11) is 0.